The number of carbonyl (C=O) groups is 1. The first-order valence-corrected chi connectivity index (χ1v) is 5.53. The van der Waals surface area contributed by atoms with Gasteiger partial charge in [-0.05, 0) is 24.1 Å². The van der Waals surface area contributed by atoms with E-state index in [2.05, 4.69) is 5.32 Å². The molecule has 4 nitrogen and oxygen atoms in total. The van der Waals surface area contributed by atoms with Crippen molar-refractivity contribution in [1.29, 1.82) is 5.26 Å². The van der Waals surface area contributed by atoms with Crippen LogP contribution in [0.5, 0.6) is 5.75 Å². The maximum atomic E-state index is 11.2. The molecule has 0 aliphatic heterocycles. The second kappa shape index (κ2) is 7.29. The van der Waals surface area contributed by atoms with Crippen LogP contribution in [0.4, 0.5) is 0 Å². The molecule has 0 aliphatic rings. The summed E-state index contributed by atoms with van der Waals surface area (Å²) >= 11 is 0. The number of ether oxygens (including phenoxy) is 1. The van der Waals surface area contributed by atoms with E-state index in [1.54, 1.807) is 7.11 Å². The van der Waals surface area contributed by atoms with Gasteiger partial charge in [-0.15, -0.1) is 0 Å². The Hall–Kier alpha value is -2.02. The van der Waals surface area contributed by atoms with Crippen LogP contribution in [0.1, 0.15) is 18.4 Å². The Morgan fingerprint density at radius 1 is 1.53 bits per heavy atom. The lowest BCUT2D eigenvalue weighted by atomic mass is 10.1. The second-order valence-electron chi connectivity index (χ2n) is 3.61. The molecule has 0 aliphatic carbocycles. The molecular formula is C13H16N2O2. The standard InChI is InChI=1S/C13H16N2O2/c1-17-12-5-2-4-11(10-12)7-9-15-13(16)6-3-8-14/h2,4-5,10H,3,6-7,9H2,1H3,(H,15,16). The first kappa shape index (κ1) is 13.0. The van der Waals surface area contributed by atoms with Crippen LogP contribution in [-0.2, 0) is 11.2 Å². The predicted octanol–water partition coefficient (Wildman–Crippen LogP) is 1.66. The minimum absolute atomic E-state index is 0.0746. The van der Waals surface area contributed by atoms with Gasteiger partial charge in [0, 0.05) is 19.4 Å². The fourth-order valence-electron chi connectivity index (χ4n) is 1.43. The van der Waals surface area contributed by atoms with Gasteiger partial charge in [-0.25, -0.2) is 0 Å². The molecule has 0 fully saturated rings. The summed E-state index contributed by atoms with van der Waals surface area (Å²) in [6.45, 7) is 0.581. The van der Waals surface area contributed by atoms with E-state index in [0.29, 0.717) is 6.54 Å². The smallest absolute Gasteiger partial charge is 0.221 e. The summed E-state index contributed by atoms with van der Waals surface area (Å²) in [5.74, 6) is 0.743. The molecule has 0 saturated carbocycles. The maximum Gasteiger partial charge on any atom is 0.221 e. The van der Waals surface area contributed by atoms with Crippen LogP contribution in [0.3, 0.4) is 0 Å². The molecule has 1 aromatic rings. The van der Waals surface area contributed by atoms with E-state index in [0.717, 1.165) is 17.7 Å². The Labute approximate surface area is 101 Å². The zero-order valence-corrected chi connectivity index (χ0v) is 9.90. The molecule has 0 bridgehead atoms. The molecule has 1 rings (SSSR count). The number of carbonyl (C=O) groups excluding carboxylic acids is 1. The third kappa shape index (κ3) is 5.03. The molecule has 0 heterocycles. The van der Waals surface area contributed by atoms with Crippen molar-refractivity contribution in [3.8, 4) is 11.8 Å². The van der Waals surface area contributed by atoms with Gasteiger partial charge in [-0.3, -0.25) is 4.79 Å². The van der Waals surface area contributed by atoms with E-state index in [9.17, 15) is 4.79 Å². The Morgan fingerprint density at radius 2 is 2.35 bits per heavy atom. The average molecular weight is 232 g/mol. The van der Waals surface area contributed by atoms with Gasteiger partial charge in [-0.1, -0.05) is 12.1 Å². The Kier molecular flexibility index (Phi) is 5.59. The van der Waals surface area contributed by atoms with Crippen molar-refractivity contribution >= 4 is 5.91 Å². The quantitative estimate of drug-likeness (QED) is 0.811. The van der Waals surface area contributed by atoms with Gasteiger partial charge < -0.3 is 10.1 Å². The van der Waals surface area contributed by atoms with Crippen molar-refractivity contribution in [3.05, 3.63) is 29.8 Å². The van der Waals surface area contributed by atoms with Crippen LogP contribution >= 0.6 is 0 Å². The van der Waals surface area contributed by atoms with Crippen LogP contribution in [0.25, 0.3) is 0 Å². The molecule has 0 aromatic heterocycles. The molecule has 0 radical (unpaired) electrons. The van der Waals surface area contributed by atoms with Crippen molar-refractivity contribution in [3.63, 3.8) is 0 Å². The van der Waals surface area contributed by atoms with Gasteiger partial charge in [0.1, 0.15) is 5.75 Å². The average Bonchev–Trinajstić information content (AvgIpc) is 2.36. The van der Waals surface area contributed by atoms with E-state index >= 15 is 0 Å². The summed E-state index contributed by atoms with van der Waals surface area (Å²) in [5.41, 5.74) is 1.12. The number of hydrogen-bond donors (Lipinski definition) is 1. The zero-order chi connectivity index (χ0) is 12.5. The normalized spacial score (nSPS) is 9.41. The number of benzene rings is 1. The Balaban J connectivity index is 2.30. The number of rotatable bonds is 6. The lowest BCUT2D eigenvalue weighted by Crippen LogP contribution is -2.25. The van der Waals surface area contributed by atoms with E-state index < -0.39 is 0 Å². The van der Waals surface area contributed by atoms with Gasteiger partial charge >= 0.3 is 0 Å². The summed E-state index contributed by atoms with van der Waals surface area (Å²) in [6.07, 6.45) is 1.30. The first-order valence-electron chi connectivity index (χ1n) is 5.53. The Bertz CT molecular complexity index is 410. The molecule has 4 heteroatoms. The molecule has 17 heavy (non-hydrogen) atoms. The van der Waals surface area contributed by atoms with Crippen molar-refractivity contribution in [2.45, 2.75) is 19.3 Å². The fraction of sp³-hybridized carbons (Fsp3) is 0.385. The van der Waals surface area contributed by atoms with E-state index in [4.69, 9.17) is 10.00 Å². The minimum atomic E-state index is -0.0746. The zero-order valence-electron chi connectivity index (χ0n) is 9.90. The number of amides is 1. The molecule has 90 valence electrons. The largest absolute Gasteiger partial charge is 0.497 e. The number of nitrogens with zero attached hydrogens (tertiary/aromatic N) is 1. The third-order valence-corrected chi connectivity index (χ3v) is 2.33. The monoisotopic (exact) mass is 232 g/mol. The lowest BCUT2D eigenvalue weighted by molar-refractivity contribution is -0.120. The van der Waals surface area contributed by atoms with Crippen LogP contribution in [0, 0.1) is 11.3 Å². The molecule has 1 N–H and O–H groups in total. The number of nitrogens with one attached hydrogen (secondary N) is 1. The van der Waals surface area contributed by atoms with Crippen LogP contribution in [0.15, 0.2) is 24.3 Å². The van der Waals surface area contributed by atoms with Crippen molar-refractivity contribution in [2.24, 2.45) is 0 Å². The third-order valence-electron chi connectivity index (χ3n) is 2.33. The van der Waals surface area contributed by atoms with Gasteiger partial charge in [0.05, 0.1) is 13.2 Å². The number of methoxy groups -OCH3 is 1. The van der Waals surface area contributed by atoms with Gasteiger partial charge in [0.25, 0.3) is 0 Å². The second-order valence-corrected chi connectivity index (χ2v) is 3.61. The van der Waals surface area contributed by atoms with E-state index in [-0.39, 0.29) is 18.7 Å². The summed E-state index contributed by atoms with van der Waals surface area (Å²) in [5, 5.41) is 11.1. The van der Waals surface area contributed by atoms with Crippen molar-refractivity contribution < 1.29 is 9.53 Å². The summed E-state index contributed by atoms with van der Waals surface area (Å²) in [7, 11) is 1.63. The van der Waals surface area contributed by atoms with Crippen LogP contribution in [0.2, 0.25) is 0 Å². The molecule has 0 unspecified atom stereocenters. The highest BCUT2D eigenvalue weighted by molar-refractivity contribution is 5.76. The fourth-order valence-corrected chi connectivity index (χ4v) is 1.43. The summed E-state index contributed by atoms with van der Waals surface area (Å²) in [4.78, 5) is 11.2. The molecule has 1 aromatic carbocycles. The minimum Gasteiger partial charge on any atom is -0.497 e. The van der Waals surface area contributed by atoms with Crippen molar-refractivity contribution in [2.75, 3.05) is 13.7 Å². The summed E-state index contributed by atoms with van der Waals surface area (Å²) in [6, 6.07) is 9.69. The Morgan fingerprint density at radius 3 is 3.06 bits per heavy atom. The van der Waals surface area contributed by atoms with Gasteiger partial charge in [-0.2, -0.15) is 5.26 Å². The highest BCUT2D eigenvalue weighted by atomic mass is 16.5. The van der Waals surface area contributed by atoms with Crippen LogP contribution < -0.4 is 10.1 Å². The number of hydrogen-bond acceptors (Lipinski definition) is 3. The number of nitriles is 1. The highest BCUT2D eigenvalue weighted by Crippen LogP contribution is 2.12. The molecule has 0 saturated heterocycles. The summed E-state index contributed by atoms with van der Waals surface area (Å²) < 4.78 is 5.11. The van der Waals surface area contributed by atoms with Gasteiger partial charge in [0.2, 0.25) is 5.91 Å². The molecular weight excluding hydrogens is 216 g/mol. The lowest BCUT2D eigenvalue weighted by Gasteiger charge is -2.05. The van der Waals surface area contributed by atoms with E-state index in [1.807, 2.05) is 30.3 Å². The molecule has 0 atom stereocenters. The maximum absolute atomic E-state index is 11.2. The van der Waals surface area contributed by atoms with Crippen LogP contribution in [-0.4, -0.2) is 19.6 Å². The topological polar surface area (TPSA) is 62.1 Å². The van der Waals surface area contributed by atoms with Crippen molar-refractivity contribution in [1.82, 2.24) is 5.32 Å². The predicted molar refractivity (Wildman–Crippen MR) is 64.6 cm³/mol. The SMILES string of the molecule is COc1cccc(CCNC(=O)CCC#N)c1. The van der Waals surface area contributed by atoms with E-state index in [1.165, 1.54) is 0 Å². The first-order chi connectivity index (χ1) is 8.26. The molecule has 1 amide bonds. The highest BCUT2D eigenvalue weighted by Gasteiger charge is 2.00. The van der Waals surface area contributed by atoms with Gasteiger partial charge in [0.15, 0.2) is 0 Å². The molecule has 0 spiro atoms.